The van der Waals surface area contributed by atoms with Crippen LogP contribution in [0.4, 0.5) is 10.2 Å². The first-order chi connectivity index (χ1) is 12.0. The van der Waals surface area contributed by atoms with E-state index in [1.807, 2.05) is 0 Å². The van der Waals surface area contributed by atoms with Gasteiger partial charge in [-0.25, -0.2) is 9.18 Å². The van der Waals surface area contributed by atoms with Crippen molar-refractivity contribution in [2.24, 2.45) is 5.73 Å². The first-order valence-electron chi connectivity index (χ1n) is 7.16. The minimum atomic E-state index is -2.30. The number of rotatable bonds is 12. The molecule has 0 saturated carbocycles. The molecule has 2 atom stereocenters. The van der Waals surface area contributed by atoms with E-state index in [9.17, 15) is 18.5 Å². The molecule has 0 fully saturated rings. The van der Waals surface area contributed by atoms with E-state index in [0.29, 0.717) is 5.82 Å². The lowest BCUT2D eigenvalue weighted by molar-refractivity contribution is -0.141. The van der Waals surface area contributed by atoms with Gasteiger partial charge in [0.05, 0.1) is 13.2 Å². The third kappa shape index (κ3) is 8.09. The van der Waals surface area contributed by atoms with Crippen molar-refractivity contribution in [1.29, 1.82) is 0 Å². The van der Waals surface area contributed by atoms with Gasteiger partial charge in [-0.3, -0.25) is 15.1 Å². The second-order valence-electron chi connectivity index (χ2n) is 4.37. The summed E-state index contributed by atoms with van der Waals surface area (Å²) in [6.07, 6.45) is -0.462. The highest BCUT2D eigenvalue weighted by atomic mass is 31.1. The fraction of sp³-hybridized carbons (Fsp3) is 0.583. The molecule has 1 aromatic heterocycles. The van der Waals surface area contributed by atoms with Crippen molar-refractivity contribution < 1.29 is 27.7 Å². The molecule has 11 nitrogen and oxygen atoms in total. The molecular formula is C12H20FN5O6P+. The quantitative estimate of drug-likeness (QED) is 0.187. The predicted octanol–water partition coefficient (Wildman–Crippen LogP) is -0.507. The summed E-state index contributed by atoms with van der Waals surface area (Å²) in [5, 5.41) is 4.94. The van der Waals surface area contributed by atoms with E-state index in [1.54, 1.807) is 7.05 Å². The number of halogens is 1. The van der Waals surface area contributed by atoms with E-state index in [-0.39, 0.29) is 26.5 Å². The van der Waals surface area contributed by atoms with Crippen LogP contribution in [0.15, 0.2) is 17.1 Å². The number of anilines is 1. The third-order valence-electron chi connectivity index (χ3n) is 2.68. The summed E-state index contributed by atoms with van der Waals surface area (Å²) in [6.45, 7) is -1.16. The van der Waals surface area contributed by atoms with Gasteiger partial charge in [0.2, 0.25) is 6.30 Å². The van der Waals surface area contributed by atoms with E-state index in [1.165, 1.54) is 12.3 Å². The van der Waals surface area contributed by atoms with Gasteiger partial charge in [0.1, 0.15) is 25.7 Å². The fourth-order valence-corrected chi connectivity index (χ4v) is 2.11. The van der Waals surface area contributed by atoms with Gasteiger partial charge in [0.25, 0.3) is 0 Å². The Morgan fingerprint density at radius 3 is 2.92 bits per heavy atom. The van der Waals surface area contributed by atoms with Crippen LogP contribution in [-0.2, 0) is 23.4 Å². The highest BCUT2D eigenvalue weighted by Gasteiger charge is 2.20. The summed E-state index contributed by atoms with van der Waals surface area (Å²) in [5.74, 6) is -0.344. The molecule has 0 aliphatic carbocycles. The maximum absolute atomic E-state index is 13.9. The van der Waals surface area contributed by atoms with Crippen LogP contribution in [0.5, 0.6) is 0 Å². The molecule has 4 N–H and O–H groups in total. The van der Waals surface area contributed by atoms with Gasteiger partial charge >= 0.3 is 19.8 Å². The number of alkyl halides is 1. The molecule has 1 rings (SSSR count). The minimum absolute atomic E-state index is 0.0623. The zero-order valence-corrected chi connectivity index (χ0v) is 14.4. The first-order valence-corrected chi connectivity index (χ1v) is 8.33. The van der Waals surface area contributed by atoms with E-state index in [0.717, 1.165) is 4.57 Å². The van der Waals surface area contributed by atoms with Crippen LogP contribution >= 0.6 is 8.18 Å². The van der Waals surface area contributed by atoms with Crippen molar-refractivity contribution in [1.82, 2.24) is 14.6 Å². The number of hydrogen-bond acceptors (Lipinski definition) is 9. The van der Waals surface area contributed by atoms with Crippen LogP contribution in [-0.4, -0.2) is 55.7 Å². The van der Waals surface area contributed by atoms with Gasteiger partial charge in [-0.05, 0) is 10.6 Å². The molecule has 1 aromatic rings. The number of carbonyl (C=O) groups excluding carboxylic acids is 1. The van der Waals surface area contributed by atoms with Gasteiger partial charge in [-0.2, -0.15) is 4.98 Å². The van der Waals surface area contributed by atoms with Crippen LogP contribution < -0.4 is 21.8 Å². The number of nitrogens with zero attached hydrogens (tertiary/aromatic N) is 2. The topological polar surface area (TPSA) is 147 Å². The Morgan fingerprint density at radius 1 is 1.52 bits per heavy atom. The Morgan fingerprint density at radius 2 is 2.28 bits per heavy atom. The summed E-state index contributed by atoms with van der Waals surface area (Å²) in [4.78, 5) is 26.2. The number of esters is 1. The molecule has 0 saturated heterocycles. The highest BCUT2D eigenvalue weighted by Crippen LogP contribution is 2.15. The Labute approximate surface area is 143 Å². The highest BCUT2D eigenvalue weighted by molar-refractivity contribution is 7.36. The van der Waals surface area contributed by atoms with Gasteiger partial charge in [-0.1, -0.05) is 5.09 Å². The van der Waals surface area contributed by atoms with Crippen LogP contribution in [0.1, 0.15) is 6.30 Å². The van der Waals surface area contributed by atoms with Crippen molar-refractivity contribution in [3.05, 3.63) is 22.7 Å². The van der Waals surface area contributed by atoms with Crippen LogP contribution in [0.3, 0.4) is 0 Å². The molecule has 1 unspecified atom stereocenters. The lowest BCUT2D eigenvalue weighted by Crippen LogP contribution is -2.27. The molecule has 1 heterocycles. The van der Waals surface area contributed by atoms with Crippen molar-refractivity contribution in [3.63, 3.8) is 0 Å². The number of aromatic nitrogens is 2. The van der Waals surface area contributed by atoms with E-state index in [2.05, 4.69) is 20.1 Å². The molecule has 0 radical (unpaired) electrons. The van der Waals surface area contributed by atoms with Crippen molar-refractivity contribution >= 4 is 20.0 Å². The lowest BCUT2D eigenvalue weighted by Gasteiger charge is -2.11. The smallest absolute Gasteiger partial charge is 0.449 e. The zero-order valence-electron chi connectivity index (χ0n) is 13.5. The summed E-state index contributed by atoms with van der Waals surface area (Å²) < 4.78 is 40.3. The van der Waals surface area contributed by atoms with Crippen molar-refractivity contribution in [2.45, 2.75) is 6.30 Å². The van der Waals surface area contributed by atoms with Crippen LogP contribution in [0.25, 0.3) is 0 Å². The lowest BCUT2D eigenvalue weighted by atomic mass is 10.5. The Hall–Kier alpha value is -1.98. The maximum Gasteiger partial charge on any atom is 0.613 e. The molecule has 0 aliphatic heterocycles. The first kappa shape index (κ1) is 21.1. The van der Waals surface area contributed by atoms with Gasteiger partial charge in [0.15, 0.2) is 0 Å². The summed E-state index contributed by atoms with van der Waals surface area (Å²) in [5.41, 5.74) is 4.24. The van der Waals surface area contributed by atoms with Gasteiger partial charge in [0, 0.05) is 13.2 Å². The standard InChI is InChI=1S/C12H19FN5O6P/c1-15-10-2-3-18(12(20)17-10)9(13)7-22-4-5-24-25(21)16-6-11(19)23-8-14/h2-3,9H,4-8,14H2,1H3,(H-,15,16,17,20,21)/p+1/t9-/m1/s1. The number of nitrogens with one attached hydrogen (secondary N) is 2. The fourth-order valence-electron chi connectivity index (χ4n) is 1.52. The Bertz CT molecular complexity index is 630. The zero-order chi connectivity index (χ0) is 18.7. The van der Waals surface area contributed by atoms with E-state index < -0.39 is 32.7 Å². The van der Waals surface area contributed by atoms with E-state index in [4.69, 9.17) is 15.0 Å². The molecular weight excluding hydrogens is 360 g/mol. The predicted molar refractivity (Wildman–Crippen MR) is 85.7 cm³/mol. The number of ether oxygens (including phenoxy) is 2. The molecule has 0 aliphatic rings. The summed E-state index contributed by atoms with van der Waals surface area (Å²) in [7, 11) is -0.712. The van der Waals surface area contributed by atoms with Crippen LogP contribution in [0, 0.1) is 0 Å². The molecule has 0 amide bonds. The van der Waals surface area contributed by atoms with Crippen LogP contribution in [0.2, 0.25) is 0 Å². The Kier molecular flexibility index (Phi) is 9.73. The third-order valence-corrected chi connectivity index (χ3v) is 3.51. The van der Waals surface area contributed by atoms with Gasteiger partial charge in [-0.15, -0.1) is 4.52 Å². The molecule has 140 valence electrons. The minimum Gasteiger partial charge on any atom is -0.449 e. The van der Waals surface area contributed by atoms with Crippen molar-refractivity contribution in [2.75, 3.05) is 45.5 Å². The molecule has 25 heavy (non-hydrogen) atoms. The average molecular weight is 380 g/mol. The second kappa shape index (κ2) is 11.6. The largest absolute Gasteiger partial charge is 0.613 e. The molecule has 0 spiro atoms. The summed E-state index contributed by atoms with van der Waals surface area (Å²) in [6, 6.07) is 1.45. The molecule has 0 aromatic carbocycles. The molecule has 13 heteroatoms. The normalized spacial score (nSPS) is 12.5. The number of hydrogen-bond donors (Lipinski definition) is 3. The number of carbonyl (C=O) groups is 1. The number of nitrogens with two attached hydrogens (primary N) is 1. The maximum atomic E-state index is 13.9. The second-order valence-corrected chi connectivity index (χ2v) is 5.46. The van der Waals surface area contributed by atoms with Gasteiger partial charge < -0.3 is 14.8 Å². The molecule has 0 bridgehead atoms. The summed E-state index contributed by atoms with van der Waals surface area (Å²) >= 11 is 0. The SMILES string of the molecule is CNc1ccn([C@@H](F)COCCO[P+](=O)NCC(=O)OCN)c(=O)n1. The Balaban J connectivity index is 2.21. The monoisotopic (exact) mass is 380 g/mol. The van der Waals surface area contributed by atoms with E-state index >= 15 is 0 Å². The van der Waals surface area contributed by atoms with Crippen molar-refractivity contribution in [3.8, 4) is 0 Å². The average Bonchev–Trinajstić information content (AvgIpc) is 2.59.